The normalized spacial score (nSPS) is 42.9. The molecule has 0 aromatic rings. The van der Waals surface area contributed by atoms with E-state index in [1.54, 1.807) is 0 Å². The van der Waals surface area contributed by atoms with Crippen LogP contribution in [0.1, 0.15) is 0 Å². The van der Waals surface area contributed by atoms with Crippen molar-refractivity contribution >= 4 is 14.1 Å². The minimum absolute atomic E-state index is 0.451. The lowest BCUT2D eigenvalue weighted by Gasteiger charge is -2.74. The summed E-state index contributed by atoms with van der Waals surface area (Å²) in [5.41, 5.74) is 0. The highest BCUT2D eigenvalue weighted by Crippen LogP contribution is 2.83. The molecule has 0 radical (unpaired) electrons. The number of ketones is 1. The molecule has 0 aromatic heterocycles. The minimum Gasteiger partial charge on any atom is -0.298 e. The van der Waals surface area contributed by atoms with Crippen LogP contribution in [0, 0.1) is 0 Å². The van der Waals surface area contributed by atoms with E-state index in [0.717, 1.165) is 11.5 Å². The molecule has 1 saturated heterocycles. The fourth-order valence-electron chi connectivity index (χ4n) is 1.47. The molecule has 0 aliphatic carbocycles. The van der Waals surface area contributed by atoms with Gasteiger partial charge in [-0.15, -0.1) is 0 Å². The molecule has 9 heavy (non-hydrogen) atoms. The molecule has 0 spiro atoms. The molecule has 0 unspecified atom stereocenters. The van der Waals surface area contributed by atoms with Gasteiger partial charge in [-0.3, -0.25) is 13.1 Å². The maximum Gasteiger partial charge on any atom is 0.147 e. The predicted octanol–water partition coefficient (Wildman–Crippen LogP) is 0.964. The molecule has 1 nitrogen and oxygen atoms in total. The fraction of sp³-hybridized carbons (Fsp3) is 0.857. The molecule has 0 amide bonds. The standard InChI is InChI=1S/C7H16OS/c1-9(2,3,4)5-7(8)6-9/h5-6H2,1-4H3. The molecule has 1 aliphatic rings. The zero-order valence-corrected chi connectivity index (χ0v) is 7.55. The van der Waals surface area contributed by atoms with E-state index in [2.05, 4.69) is 25.0 Å². The summed E-state index contributed by atoms with van der Waals surface area (Å²) in [4.78, 5) is 10.8. The average Bonchev–Trinajstić information content (AvgIpc) is 1.18. The predicted molar refractivity (Wildman–Crippen MR) is 46.0 cm³/mol. The van der Waals surface area contributed by atoms with Gasteiger partial charge in [0.05, 0.1) is 0 Å². The minimum atomic E-state index is -1.74. The van der Waals surface area contributed by atoms with Crippen LogP contribution in [-0.4, -0.2) is 42.3 Å². The first-order valence-electron chi connectivity index (χ1n) is 3.12. The first-order chi connectivity index (χ1) is 3.60. The number of Topliss-reactive ketones (excluding diaryl/α,β-unsaturated/α-hetero) is 1. The van der Waals surface area contributed by atoms with Gasteiger partial charge in [0, 0.05) is 11.5 Å². The average molecular weight is 148 g/mol. The molecular formula is C7H16OS. The zero-order chi connectivity index (χ0) is 7.40. The summed E-state index contributed by atoms with van der Waals surface area (Å²) in [7, 11) is -1.74. The summed E-state index contributed by atoms with van der Waals surface area (Å²) in [6.07, 6.45) is 9.12. The second kappa shape index (κ2) is 0.986. The van der Waals surface area contributed by atoms with Crippen molar-refractivity contribution in [3.63, 3.8) is 0 Å². The van der Waals surface area contributed by atoms with E-state index < -0.39 is 8.29 Å². The van der Waals surface area contributed by atoms with Gasteiger partial charge >= 0.3 is 0 Å². The van der Waals surface area contributed by atoms with Gasteiger partial charge in [0.2, 0.25) is 0 Å². The Morgan fingerprint density at radius 3 is 1.44 bits per heavy atom. The zero-order valence-electron chi connectivity index (χ0n) is 6.73. The molecule has 1 aliphatic heterocycles. The van der Waals surface area contributed by atoms with Crippen molar-refractivity contribution < 1.29 is 4.79 Å². The van der Waals surface area contributed by atoms with Gasteiger partial charge in [0.25, 0.3) is 0 Å². The Kier molecular flexibility index (Phi) is 0.781. The molecule has 0 atom stereocenters. The van der Waals surface area contributed by atoms with Crippen molar-refractivity contribution in [2.45, 2.75) is 0 Å². The molecule has 56 valence electrons. The summed E-state index contributed by atoms with van der Waals surface area (Å²) in [6.45, 7) is 0. The van der Waals surface area contributed by atoms with Crippen LogP contribution in [-0.2, 0) is 4.79 Å². The Hall–Kier alpha value is 0.0200. The Labute approximate surface area is 56.1 Å². The highest BCUT2D eigenvalue weighted by Gasteiger charge is 2.54. The van der Waals surface area contributed by atoms with Crippen molar-refractivity contribution in [1.29, 1.82) is 0 Å². The van der Waals surface area contributed by atoms with Crippen molar-refractivity contribution in [1.82, 2.24) is 0 Å². The second-order valence-electron chi connectivity index (χ2n) is 5.79. The van der Waals surface area contributed by atoms with E-state index >= 15 is 0 Å². The van der Waals surface area contributed by atoms with Gasteiger partial charge in [-0.2, -0.15) is 0 Å². The van der Waals surface area contributed by atoms with Crippen LogP contribution in [0.5, 0.6) is 0 Å². The molecule has 1 heterocycles. The Balaban J connectivity index is 2.93. The lowest BCUT2D eigenvalue weighted by molar-refractivity contribution is -0.115. The highest BCUT2D eigenvalue weighted by molar-refractivity contribution is 8.65. The summed E-state index contributed by atoms with van der Waals surface area (Å²) in [6, 6.07) is 0. The lowest BCUT2D eigenvalue weighted by atomic mass is 10.5. The monoisotopic (exact) mass is 148 g/mol. The number of hydrogen-bond acceptors (Lipinski definition) is 1. The first kappa shape index (κ1) is 7.13. The largest absolute Gasteiger partial charge is 0.298 e. The molecule has 0 N–H and O–H groups in total. The van der Waals surface area contributed by atoms with Crippen molar-refractivity contribution in [3.8, 4) is 0 Å². The van der Waals surface area contributed by atoms with Crippen molar-refractivity contribution in [3.05, 3.63) is 0 Å². The van der Waals surface area contributed by atoms with Gasteiger partial charge in [-0.05, 0) is 25.0 Å². The van der Waals surface area contributed by atoms with Crippen LogP contribution in [0.3, 0.4) is 0 Å². The molecule has 1 rings (SSSR count). The summed E-state index contributed by atoms with van der Waals surface area (Å²) in [5, 5.41) is 0. The Morgan fingerprint density at radius 1 is 1.11 bits per heavy atom. The topological polar surface area (TPSA) is 17.1 Å². The Morgan fingerprint density at radius 2 is 1.44 bits per heavy atom. The highest BCUT2D eigenvalue weighted by atomic mass is 32.4. The quantitative estimate of drug-likeness (QED) is 0.500. The number of carbonyl (C=O) groups is 1. The molecule has 0 bridgehead atoms. The second-order valence-corrected chi connectivity index (χ2v) is 16.3. The summed E-state index contributed by atoms with van der Waals surface area (Å²) in [5.74, 6) is 2.15. The smallest absolute Gasteiger partial charge is 0.147 e. The lowest BCUT2D eigenvalue weighted by Crippen LogP contribution is -2.54. The maximum atomic E-state index is 10.8. The van der Waals surface area contributed by atoms with Crippen LogP contribution in [0.4, 0.5) is 0 Å². The third-order valence-electron chi connectivity index (χ3n) is 1.68. The van der Waals surface area contributed by atoms with E-state index in [1.165, 1.54) is 0 Å². The van der Waals surface area contributed by atoms with Crippen LogP contribution < -0.4 is 0 Å². The van der Waals surface area contributed by atoms with E-state index in [9.17, 15) is 4.79 Å². The van der Waals surface area contributed by atoms with E-state index in [-0.39, 0.29) is 0 Å². The molecular weight excluding hydrogens is 132 g/mol. The SMILES string of the molecule is CS1(C)(C)(C)CC(=O)C1. The van der Waals surface area contributed by atoms with E-state index in [4.69, 9.17) is 0 Å². The number of hydrogen-bond donors (Lipinski definition) is 0. The summed E-state index contributed by atoms with van der Waals surface area (Å²) >= 11 is 0. The van der Waals surface area contributed by atoms with Gasteiger partial charge in [0.1, 0.15) is 5.78 Å². The van der Waals surface area contributed by atoms with Crippen LogP contribution in [0.25, 0.3) is 0 Å². The van der Waals surface area contributed by atoms with Crippen LogP contribution >= 0.6 is 8.29 Å². The maximum absolute atomic E-state index is 10.8. The third-order valence-corrected chi connectivity index (χ3v) is 5.04. The number of carbonyl (C=O) groups excluding carboxylic acids is 1. The first-order valence-corrected chi connectivity index (χ1v) is 7.54. The van der Waals surface area contributed by atoms with Crippen molar-refractivity contribution in [2.75, 3.05) is 36.5 Å². The third kappa shape index (κ3) is 1.48. The Bertz CT molecular complexity index is 167. The van der Waals surface area contributed by atoms with Gasteiger partial charge in [0.15, 0.2) is 0 Å². The van der Waals surface area contributed by atoms with Gasteiger partial charge in [-0.25, -0.2) is 0 Å². The number of rotatable bonds is 0. The molecule has 0 saturated carbocycles. The van der Waals surface area contributed by atoms with E-state index in [0.29, 0.717) is 5.78 Å². The van der Waals surface area contributed by atoms with Crippen LogP contribution in [0.2, 0.25) is 0 Å². The van der Waals surface area contributed by atoms with E-state index in [1.807, 2.05) is 0 Å². The fourth-order valence-corrected chi connectivity index (χ4v) is 4.42. The van der Waals surface area contributed by atoms with Gasteiger partial charge in [-0.1, -0.05) is 0 Å². The van der Waals surface area contributed by atoms with Crippen LogP contribution in [0.15, 0.2) is 0 Å². The van der Waals surface area contributed by atoms with Crippen molar-refractivity contribution in [2.24, 2.45) is 0 Å². The summed E-state index contributed by atoms with van der Waals surface area (Å²) < 4.78 is 0. The molecule has 0 aromatic carbocycles. The molecule has 2 heteroatoms. The van der Waals surface area contributed by atoms with Gasteiger partial charge < -0.3 is 0 Å². The molecule has 1 fully saturated rings.